The maximum absolute atomic E-state index is 6.73. The Balaban J connectivity index is 1.05. The highest BCUT2D eigenvalue weighted by atomic mass is 32.1. The molecule has 4 heteroatoms. The highest BCUT2D eigenvalue weighted by Crippen LogP contribution is 2.43. The van der Waals surface area contributed by atoms with Crippen LogP contribution in [0.15, 0.2) is 174 Å². The maximum atomic E-state index is 6.73. The van der Waals surface area contributed by atoms with Crippen LogP contribution in [0.2, 0.25) is 0 Å². The molecule has 0 saturated carbocycles. The Morgan fingerprint density at radius 3 is 1.98 bits per heavy atom. The van der Waals surface area contributed by atoms with Crippen molar-refractivity contribution in [3.8, 4) is 44.9 Å². The van der Waals surface area contributed by atoms with Gasteiger partial charge < -0.3 is 4.42 Å². The molecule has 11 aromatic rings. The molecule has 0 saturated heterocycles. The predicted octanol–water partition coefficient (Wildman–Crippen LogP) is 13.7. The van der Waals surface area contributed by atoms with Gasteiger partial charge in [0.2, 0.25) is 0 Å². The molecule has 0 N–H and O–H groups in total. The van der Waals surface area contributed by atoms with Crippen molar-refractivity contribution >= 4 is 75.1 Å². The number of furan rings is 1. The van der Waals surface area contributed by atoms with Gasteiger partial charge in [0.05, 0.1) is 15.9 Å². The van der Waals surface area contributed by atoms with Crippen LogP contribution < -0.4 is 0 Å². The Hall–Kier alpha value is -6.62. The minimum absolute atomic E-state index is 0.689. The van der Waals surface area contributed by atoms with E-state index in [2.05, 4.69) is 164 Å². The van der Waals surface area contributed by atoms with Gasteiger partial charge in [0, 0.05) is 37.4 Å². The number of aromatic nitrogens is 2. The molecule has 3 nitrogen and oxygen atoms in total. The molecule has 0 radical (unpaired) electrons. The van der Waals surface area contributed by atoms with Crippen molar-refractivity contribution in [2.45, 2.75) is 0 Å². The lowest BCUT2D eigenvalue weighted by Gasteiger charge is -2.10. The smallest absolute Gasteiger partial charge is 0.160 e. The predicted molar refractivity (Wildman–Crippen MR) is 219 cm³/mol. The van der Waals surface area contributed by atoms with Gasteiger partial charge in [-0.3, -0.25) is 0 Å². The molecule has 0 aliphatic carbocycles. The third-order valence-corrected chi connectivity index (χ3v) is 11.4. The second-order valence-corrected chi connectivity index (χ2v) is 14.4. The topological polar surface area (TPSA) is 38.9 Å². The van der Waals surface area contributed by atoms with E-state index >= 15 is 0 Å². The fraction of sp³-hybridized carbons (Fsp3) is 0. The van der Waals surface area contributed by atoms with Gasteiger partial charge in [0.15, 0.2) is 5.82 Å². The monoisotopic (exact) mass is 680 g/mol. The van der Waals surface area contributed by atoms with E-state index in [9.17, 15) is 0 Å². The van der Waals surface area contributed by atoms with Gasteiger partial charge in [-0.15, -0.1) is 11.3 Å². The van der Waals surface area contributed by atoms with E-state index in [0.717, 1.165) is 59.7 Å². The molecular formula is C48H28N2OS. The number of rotatable bonds is 4. The molecule has 0 atom stereocenters. The van der Waals surface area contributed by atoms with Gasteiger partial charge in [-0.2, -0.15) is 0 Å². The average molecular weight is 681 g/mol. The van der Waals surface area contributed by atoms with Crippen molar-refractivity contribution < 1.29 is 4.42 Å². The molecule has 0 amide bonds. The summed E-state index contributed by atoms with van der Waals surface area (Å²) in [5.74, 6) is 0.689. The molecule has 0 bridgehead atoms. The molecule has 0 unspecified atom stereocenters. The average Bonchev–Trinajstić information content (AvgIpc) is 3.78. The highest BCUT2D eigenvalue weighted by molar-refractivity contribution is 7.26. The molecule has 0 aliphatic rings. The van der Waals surface area contributed by atoms with Crippen molar-refractivity contribution in [2.24, 2.45) is 0 Å². The first kappa shape index (κ1) is 29.1. The number of fused-ring (bicyclic) bond motifs is 9. The molecule has 52 heavy (non-hydrogen) atoms. The van der Waals surface area contributed by atoms with Crippen molar-refractivity contribution in [3.05, 3.63) is 170 Å². The summed E-state index contributed by atoms with van der Waals surface area (Å²) in [5.41, 5.74) is 10.4. The second kappa shape index (κ2) is 11.5. The summed E-state index contributed by atoms with van der Waals surface area (Å²) in [7, 11) is 0. The van der Waals surface area contributed by atoms with Crippen molar-refractivity contribution in [1.82, 2.24) is 9.97 Å². The van der Waals surface area contributed by atoms with Crippen LogP contribution in [0, 0.1) is 0 Å². The second-order valence-electron chi connectivity index (χ2n) is 13.3. The fourth-order valence-corrected chi connectivity index (χ4v) is 8.85. The van der Waals surface area contributed by atoms with Crippen LogP contribution in [0.5, 0.6) is 0 Å². The molecule has 0 spiro atoms. The first-order valence-corrected chi connectivity index (χ1v) is 18.3. The summed E-state index contributed by atoms with van der Waals surface area (Å²) in [4.78, 5) is 10.4. The third-order valence-electron chi connectivity index (χ3n) is 10.3. The van der Waals surface area contributed by atoms with E-state index in [-0.39, 0.29) is 0 Å². The largest absolute Gasteiger partial charge is 0.455 e. The van der Waals surface area contributed by atoms with E-state index in [1.165, 1.54) is 43.1 Å². The molecule has 0 fully saturated rings. The molecular weight excluding hydrogens is 653 g/mol. The van der Waals surface area contributed by atoms with Crippen molar-refractivity contribution in [3.63, 3.8) is 0 Å². The number of thiophene rings is 1. The number of hydrogen-bond donors (Lipinski definition) is 0. The molecule has 242 valence electrons. The molecule has 3 aromatic heterocycles. The van der Waals surface area contributed by atoms with E-state index < -0.39 is 0 Å². The normalized spacial score (nSPS) is 11.8. The minimum atomic E-state index is 0.689. The standard InChI is InChI=1S/C48H28N2OS/c1-2-11-32(12-3-1)44-47-45(39-16-8-9-17-43(39)52-47)50-48(49-44)35-24-25-37-41-28-40(36-14-6-7-15-38(36)46(41)51-42(37)27-35)31-21-18-30(19-22-31)34-23-20-29-10-4-5-13-33(29)26-34/h1-28H. The molecule has 11 rings (SSSR count). The van der Waals surface area contributed by atoms with Crippen LogP contribution in [0.3, 0.4) is 0 Å². The van der Waals surface area contributed by atoms with Crippen molar-refractivity contribution in [2.75, 3.05) is 0 Å². The van der Waals surface area contributed by atoms with E-state index in [4.69, 9.17) is 14.4 Å². The lowest BCUT2D eigenvalue weighted by atomic mass is 9.93. The summed E-state index contributed by atoms with van der Waals surface area (Å²) in [6.45, 7) is 0. The zero-order chi connectivity index (χ0) is 34.2. The van der Waals surface area contributed by atoms with Crippen molar-refractivity contribution in [1.29, 1.82) is 0 Å². The van der Waals surface area contributed by atoms with Crippen LogP contribution >= 0.6 is 11.3 Å². The molecule has 0 aliphatic heterocycles. The van der Waals surface area contributed by atoms with E-state index in [1.807, 2.05) is 6.07 Å². The van der Waals surface area contributed by atoms with Gasteiger partial charge in [0.25, 0.3) is 0 Å². The molecule has 8 aromatic carbocycles. The van der Waals surface area contributed by atoms with Gasteiger partial charge in [-0.25, -0.2) is 9.97 Å². The first-order valence-electron chi connectivity index (χ1n) is 17.5. The zero-order valence-corrected chi connectivity index (χ0v) is 28.7. The third kappa shape index (κ3) is 4.58. The van der Waals surface area contributed by atoms with Crippen LogP contribution in [-0.4, -0.2) is 9.97 Å². The minimum Gasteiger partial charge on any atom is -0.455 e. The Kier molecular flexibility index (Phi) is 6.42. The lowest BCUT2D eigenvalue weighted by molar-refractivity contribution is 0.673. The summed E-state index contributed by atoms with van der Waals surface area (Å²) in [6, 6.07) is 60.3. The highest BCUT2D eigenvalue weighted by Gasteiger charge is 2.19. The Morgan fingerprint density at radius 2 is 1.12 bits per heavy atom. The van der Waals surface area contributed by atoms with Crippen LogP contribution in [-0.2, 0) is 0 Å². The maximum Gasteiger partial charge on any atom is 0.160 e. The van der Waals surface area contributed by atoms with E-state index in [0.29, 0.717) is 5.82 Å². The van der Waals surface area contributed by atoms with Gasteiger partial charge in [0.1, 0.15) is 11.2 Å². The van der Waals surface area contributed by atoms with Gasteiger partial charge in [-0.1, -0.05) is 140 Å². The van der Waals surface area contributed by atoms with Gasteiger partial charge >= 0.3 is 0 Å². The summed E-state index contributed by atoms with van der Waals surface area (Å²) >= 11 is 1.75. The van der Waals surface area contributed by atoms with E-state index in [1.54, 1.807) is 11.3 Å². The fourth-order valence-electron chi connectivity index (χ4n) is 7.70. The quantitative estimate of drug-likeness (QED) is 0.186. The summed E-state index contributed by atoms with van der Waals surface area (Å²) < 4.78 is 9.05. The molecule has 3 heterocycles. The number of hydrogen-bond acceptors (Lipinski definition) is 4. The van der Waals surface area contributed by atoms with Crippen LogP contribution in [0.1, 0.15) is 0 Å². The summed E-state index contributed by atoms with van der Waals surface area (Å²) in [6.07, 6.45) is 0. The van der Waals surface area contributed by atoms with Crippen LogP contribution in [0.4, 0.5) is 0 Å². The zero-order valence-electron chi connectivity index (χ0n) is 27.9. The Labute approximate surface area is 303 Å². The Bertz CT molecular complexity index is 3180. The Morgan fingerprint density at radius 1 is 0.423 bits per heavy atom. The first-order chi connectivity index (χ1) is 25.7. The number of nitrogens with zero attached hydrogens (tertiary/aromatic N) is 2. The SMILES string of the molecule is c1ccc(-c2nc(-c3ccc4c(c3)oc3c5ccccc5c(-c5ccc(-c6ccc7ccccc7c6)cc5)cc43)nc3c2sc2ccccc23)cc1. The summed E-state index contributed by atoms with van der Waals surface area (Å²) in [5, 5.41) is 8.08. The van der Waals surface area contributed by atoms with Crippen LogP contribution in [0.25, 0.3) is 109 Å². The lowest BCUT2D eigenvalue weighted by Crippen LogP contribution is -1.93. The van der Waals surface area contributed by atoms with Gasteiger partial charge in [-0.05, 0) is 68.7 Å². The number of benzene rings is 8.